The maximum absolute atomic E-state index is 12.1. The molecule has 0 fully saturated rings. The lowest BCUT2D eigenvalue weighted by molar-refractivity contribution is -0.385. The van der Waals surface area contributed by atoms with Gasteiger partial charge in [-0.15, -0.1) is 0 Å². The van der Waals surface area contributed by atoms with Crippen LogP contribution in [-0.2, 0) is 4.79 Å². The second-order valence-corrected chi connectivity index (χ2v) is 6.45. The lowest BCUT2D eigenvalue weighted by Crippen LogP contribution is -2.16. The third kappa shape index (κ3) is 5.45. The van der Waals surface area contributed by atoms with E-state index in [0.29, 0.717) is 16.1 Å². The van der Waals surface area contributed by atoms with Gasteiger partial charge in [0.15, 0.2) is 0 Å². The Hall–Kier alpha value is -3.13. The monoisotopic (exact) mass is 371 g/mol. The van der Waals surface area contributed by atoms with Crippen molar-refractivity contribution in [2.24, 2.45) is 0 Å². The fourth-order valence-electron chi connectivity index (χ4n) is 1.97. The lowest BCUT2D eigenvalue weighted by Gasteiger charge is -2.10. The number of rotatable bonds is 5. The molecule has 26 heavy (non-hydrogen) atoms. The molecule has 0 aliphatic heterocycles. The zero-order valence-corrected chi connectivity index (χ0v) is 15.0. The van der Waals surface area contributed by atoms with E-state index in [4.69, 9.17) is 0 Å². The summed E-state index contributed by atoms with van der Waals surface area (Å²) in [5.74, 6) is -0.427. The van der Waals surface area contributed by atoms with E-state index >= 15 is 0 Å². The van der Waals surface area contributed by atoms with Gasteiger partial charge in [0, 0.05) is 36.8 Å². The fourth-order valence-corrected chi connectivity index (χ4v) is 2.69. The van der Waals surface area contributed by atoms with Gasteiger partial charge in [-0.05, 0) is 42.1 Å². The number of thioether (sulfide) groups is 1. The summed E-state index contributed by atoms with van der Waals surface area (Å²) in [6.45, 7) is 0. The molecule has 1 N–H and O–H groups in total. The van der Waals surface area contributed by atoms with Crippen LogP contribution in [0.5, 0.6) is 0 Å². The summed E-state index contributed by atoms with van der Waals surface area (Å²) in [6.07, 6.45) is 2.62. The van der Waals surface area contributed by atoms with Gasteiger partial charge in [-0.2, -0.15) is 0 Å². The number of nitrogens with zero attached hydrogens (tertiary/aromatic N) is 2. The summed E-state index contributed by atoms with van der Waals surface area (Å²) < 4.78 is 0. The number of benzene rings is 2. The maximum Gasteiger partial charge on any atom is 0.285 e. The molecule has 2 aromatic carbocycles. The van der Waals surface area contributed by atoms with E-state index in [-0.39, 0.29) is 10.9 Å². The van der Waals surface area contributed by atoms with E-state index in [9.17, 15) is 19.7 Å². The predicted molar refractivity (Wildman–Crippen MR) is 102 cm³/mol. The van der Waals surface area contributed by atoms with Crippen LogP contribution in [0.4, 0.5) is 16.2 Å². The van der Waals surface area contributed by atoms with Gasteiger partial charge >= 0.3 is 0 Å². The van der Waals surface area contributed by atoms with E-state index in [1.54, 1.807) is 56.6 Å². The SMILES string of the molecule is CN(C)C(=O)Sc1cccc(NC(=O)/C=C/c2ccccc2[N+](=O)[O-])c1. The number of anilines is 1. The molecule has 0 aliphatic rings. The average molecular weight is 371 g/mol. The van der Waals surface area contributed by atoms with Crippen molar-refractivity contribution in [3.63, 3.8) is 0 Å². The third-order valence-corrected chi connectivity index (χ3v) is 4.25. The van der Waals surface area contributed by atoms with Gasteiger partial charge in [-0.3, -0.25) is 19.7 Å². The minimum Gasteiger partial charge on any atom is -0.339 e. The maximum atomic E-state index is 12.1. The summed E-state index contributed by atoms with van der Waals surface area (Å²) in [7, 11) is 3.32. The second-order valence-electron chi connectivity index (χ2n) is 5.43. The Labute approximate surface area is 154 Å². The molecule has 0 unspecified atom stereocenters. The number of carbonyl (C=O) groups excluding carboxylic acids is 2. The number of para-hydroxylation sites is 1. The first-order valence-corrected chi connectivity index (χ1v) is 8.40. The predicted octanol–water partition coefficient (Wildman–Crippen LogP) is 4.02. The van der Waals surface area contributed by atoms with Gasteiger partial charge in [0.2, 0.25) is 5.91 Å². The molecular weight excluding hydrogens is 354 g/mol. The zero-order chi connectivity index (χ0) is 19.1. The summed E-state index contributed by atoms with van der Waals surface area (Å²) in [5.41, 5.74) is 0.796. The highest BCUT2D eigenvalue weighted by molar-refractivity contribution is 8.13. The van der Waals surface area contributed by atoms with Gasteiger partial charge in [-0.1, -0.05) is 18.2 Å². The first-order chi connectivity index (χ1) is 12.4. The van der Waals surface area contributed by atoms with Gasteiger partial charge in [0.1, 0.15) is 0 Å². The molecule has 0 aromatic heterocycles. The van der Waals surface area contributed by atoms with Crippen LogP contribution >= 0.6 is 11.8 Å². The van der Waals surface area contributed by atoms with Crippen LogP contribution in [0.15, 0.2) is 59.5 Å². The molecule has 134 valence electrons. The minimum absolute atomic E-state index is 0.0721. The standard InChI is InChI=1S/C18H17N3O4S/c1-20(2)18(23)26-15-8-5-7-14(12-15)19-17(22)11-10-13-6-3-4-9-16(13)21(24)25/h3-12H,1-2H3,(H,19,22)/b11-10+. The number of nitro groups is 1. The Kier molecular flexibility index (Phi) is 6.51. The largest absolute Gasteiger partial charge is 0.339 e. The number of hydrogen-bond donors (Lipinski definition) is 1. The Balaban J connectivity index is 2.06. The van der Waals surface area contributed by atoms with Gasteiger partial charge in [0.05, 0.1) is 10.5 Å². The molecule has 0 spiro atoms. The number of carbonyl (C=O) groups is 2. The van der Waals surface area contributed by atoms with E-state index in [2.05, 4.69) is 5.32 Å². The van der Waals surface area contributed by atoms with E-state index in [0.717, 1.165) is 11.8 Å². The van der Waals surface area contributed by atoms with Crippen LogP contribution in [0.1, 0.15) is 5.56 Å². The van der Waals surface area contributed by atoms with E-state index in [1.165, 1.54) is 23.1 Å². The molecule has 0 saturated carbocycles. The first-order valence-electron chi connectivity index (χ1n) is 7.58. The van der Waals surface area contributed by atoms with Crippen LogP contribution in [-0.4, -0.2) is 35.1 Å². The second kappa shape index (κ2) is 8.82. The molecule has 2 amide bonds. The van der Waals surface area contributed by atoms with E-state index in [1.807, 2.05) is 0 Å². The Morgan fingerprint density at radius 1 is 1.15 bits per heavy atom. The minimum atomic E-state index is -0.500. The smallest absolute Gasteiger partial charge is 0.285 e. The van der Waals surface area contributed by atoms with Crippen molar-refractivity contribution in [1.29, 1.82) is 0 Å². The highest BCUT2D eigenvalue weighted by Gasteiger charge is 2.10. The number of amides is 2. The van der Waals surface area contributed by atoms with Crippen molar-refractivity contribution in [2.75, 3.05) is 19.4 Å². The van der Waals surface area contributed by atoms with Crippen LogP contribution in [0.3, 0.4) is 0 Å². The first kappa shape index (κ1) is 19.2. The average Bonchev–Trinajstić information content (AvgIpc) is 2.60. The summed E-state index contributed by atoms with van der Waals surface area (Å²) >= 11 is 1.05. The third-order valence-electron chi connectivity index (χ3n) is 3.22. The summed E-state index contributed by atoms with van der Waals surface area (Å²) in [6, 6.07) is 13.0. The highest BCUT2D eigenvalue weighted by atomic mass is 32.2. The number of nitro benzene ring substituents is 1. The quantitative estimate of drug-likeness (QED) is 0.371. The van der Waals surface area contributed by atoms with Crippen LogP contribution in [0.2, 0.25) is 0 Å². The van der Waals surface area contributed by atoms with Crippen molar-refractivity contribution in [3.05, 3.63) is 70.3 Å². The van der Waals surface area contributed by atoms with Crippen LogP contribution in [0.25, 0.3) is 6.08 Å². The summed E-state index contributed by atoms with van der Waals surface area (Å²) in [5, 5.41) is 13.5. The number of hydrogen-bond acceptors (Lipinski definition) is 5. The molecule has 0 radical (unpaired) electrons. The molecule has 0 atom stereocenters. The number of nitrogens with one attached hydrogen (secondary N) is 1. The molecule has 0 aliphatic carbocycles. The van der Waals surface area contributed by atoms with Crippen molar-refractivity contribution in [3.8, 4) is 0 Å². The van der Waals surface area contributed by atoms with Crippen molar-refractivity contribution in [1.82, 2.24) is 4.90 Å². The van der Waals surface area contributed by atoms with Crippen molar-refractivity contribution in [2.45, 2.75) is 4.90 Å². The normalized spacial score (nSPS) is 10.5. The molecule has 0 heterocycles. The van der Waals surface area contributed by atoms with Crippen LogP contribution < -0.4 is 5.32 Å². The van der Waals surface area contributed by atoms with Gasteiger partial charge in [0.25, 0.3) is 10.9 Å². The Bertz CT molecular complexity index is 865. The molecular formula is C18H17N3O4S. The Morgan fingerprint density at radius 2 is 1.88 bits per heavy atom. The molecule has 0 saturated heterocycles. The van der Waals surface area contributed by atoms with Crippen molar-refractivity contribution >= 4 is 40.4 Å². The van der Waals surface area contributed by atoms with Crippen LogP contribution in [0, 0.1) is 10.1 Å². The fraction of sp³-hybridized carbons (Fsp3) is 0.111. The van der Waals surface area contributed by atoms with Gasteiger partial charge in [-0.25, -0.2) is 0 Å². The lowest BCUT2D eigenvalue weighted by atomic mass is 10.1. The molecule has 2 aromatic rings. The van der Waals surface area contributed by atoms with Crippen molar-refractivity contribution < 1.29 is 14.5 Å². The highest BCUT2D eigenvalue weighted by Crippen LogP contribution is 2.24. The molecule has 7 nitrogen and oxygen atoms in total. The van der Waals surface area contributed by atoms with E-state index < -0.39 is 10.8 Å². The summed E-state index contributed by atoms with van der Waals surface area (Å²) in [4.78, 5) is 36.4. The zero-order valence-electron chi connectivity index (χ0n) is 14.2. The topological polar surface area (TPSA) is 92.6 Å². The van der Waals surface area contributed by atoms with Gasteiger partial charge < -0.3 is 10.2 Å². The Morgan fingerprint density at radius 3 is 2.58 bits per heavy atom. The molecule has 0 bridgehead atoms. The molecule has 2 rings (SSSR count). The molecule has 8 heteroatoms.